The highest BCUT2D eigenvalue weighted by atomic mass is 35.5. The molecule has 1 fully saturated rings. The molecule has 22 heavy (non-hydrogen) atoms. The van der Waals surface area contributed by atoms with Crippen molar-refractivity contribution in [1.29, 1.82) is 0 Å². The minimum absolute atomic E-state index is 0.0319. The van der Waals surface area contributed by atoms with Gasteiger partial charge in [-0.1, -0.05) is 23.7 Å². The molecule has 0 bridgehead atoms. The quantitative estimate of drug-likeness (QED) is 0.916. The van der Waals surface area contributed by atoms with Crippen molar-refractivity contribution in [2.75, 3.05) is 13.1 Å². The smallest absolute Gasteiger partial charge is 0.198 e. The Morgan fingerprint density at radius 3 is 2.45 bits per heavy atom. The van der Waals surface area contributed by atoms with Gasteiger partial charge in [-0.2, -0.15) is 0 Å². The molecule has 0 saturated carbocycles. The SMILES string of the molecule is Fc1cccc(Cl)c1Oc1cccc(F)c1O[C@@H]1CCNC1. The number of para-hydroxylation sites is 2. The highest BCUT2D eigenvalue weighted by Crippen LogP contribution is 2.38. The zero-order chi connectivity index (χ0) is 15.5. The van der Waals surface area contributed by atoms with Crippen LogP contribution in [0, 0.1) is 11.6 Å². The third kappa shape index (κ3) is 3.15. The van der Waals surface area contributed by atoms with Crippen molar-refractivity contribution >= 4 is 11.6 Å². The zero-order valence-corrected chi connectivity index (χ0v) is 12.4. The number of ether oxygens (including phenoxy) is 2. The van der Waals surface area contributed by atoms with E-state index in [-0.39, 0.29) is 28.4 Å². The Hall–Kier alpha value is -1.85. The Morgan fingerprint density at radius 1 is 1.05 bits per heavy atom. The first-order valence-corrected chi connectivity index (χ1v) is 7.30. The van der Waals surface area contributed by atoms with E-state index in [4.69, 9.17) is 21.1 Å². The molecule has 0 spiro atoms. The maximum Gasteiger partial charge on any atom is 0.198 e. The van der Waals surface area contributed by atoms with Gasteiger partial charge in [-0.25, -0.2) is 8.78 Å². The van der Waals surface area contributed by atoms with Crippen LogP contribution >= 0.6 is 11.6 Å². The van der Waals surface area contributed by atoms with Crippen molar-refractivity contribution in [3.63, 3.8) is 0 Å². The molecular formula is C16H14ClF2NO2. The van der Waals surface area contributed by atoms with Gasteiger partial charge >= 0.3 is 0 Å². The first kappa shape index (κ1) is 15.1. The van der Waals surface area contributed by atoms with Gasteiger partial charge in [-0.3, -0.25) is 0 Å². The van der Waals surface area contributed by atoms with Gasteiger partial charge in [0.2, 0.25) is 0 Å². The van der Waals surface area contributed by atoms with Crippen LogP contribution in [0.2, 0.25) is 5.02 Å². The summed E-state index contributed by atoms with van der Waals surface area (Å²) in [5.41, 5.74) is 0. The van der Waals surface area contributed by atoms with Gasteiger partial charge in [0.15, 0.2) is 28.9 Å². The Kier molecular flexibility index (Phi) is 4.45. The minimum atomic E-state index is -0.620. The molecule has 3 nitrogen and oxygen atoms in total. The third-order valence-corrected chi connectivity index (χ3v) is 3.66. The lowest BCUT2D eigenvalue weighted by atomic mass is 10.2. The number of hydrogen-bond acceptors (Lipinski definition) is 3. The predicted molar refractivity (Wildman–Crippen MR) is 79.8 cm³/mol. The molecule has 2 aromatic carbocycles. The van der Waals surface area contributed by atoms with Crippen molar-refractivity contribution in [1.82, 2.24) is 5.32 Å². The molecule has 0 radical (unpaired) electrons. The molecular weight excluding hydrogens is 312 g/mol. The maximum absolute atomic E-state index is 14.1. The van der Waals surface area contributed by atoms with E-state index in [2.05, 4.69) is 5.32 Å². The van der Waals surface area contributed by atoms with Gasteiger partial charge in [0.25, 0.3) is 0 Å². The number of hydrogen-bond donors (Lipinski definition) is 1. The second kappa shape index (κ2) is 6.50. The van der Waals surface area contributed by atoms with Crippen LogP contribution in [-0.2, 0) is 0 Å². The van der Waals surface area contributed by atoms with E-state index in [1.807, 2.05) is 0 Å². The summed E-state index contributed by atoms with van der Waals surface area (Å²) < 4.78 is 39.0. The molecule has 0 amide bonds. The van der Waals surface area contributed by atoms with E-state index >= 15 is 0 Å². The highest BCUT2D eigenvalue weighted by molar-refractivity contribution is 6.32. The molecule has 1 aliphatic rings. The monoisotopic (exact) mass is 325 g/mol. The number of halogens is 3. The zero-order valence-electron chi connectivity index (χ0n) is 11.6. The van der Waals surface area contributed by atoms with E-state index in [1.165, 1.54) is 36.4 Å². The predicted octanol–water partition coefficient (Wildman–Crippen LogP) is 4.15. The number of nitrogens with one attached hydrogen (secondary N) is 1. The highest BCUT2D eigenvalue weighted by Gasteiger charge is 2.22. The molecule has 0 unspecified atom stereocenters. The fraction of sp³-hybridized carbons (Fsp3) is 0.250. The standard InChI is InChI=1S/C16H14ClF2NO2/c17-11-3-1-4-12(18)15(11)22-14-6-2-5-13(19)16(14)21-10-7-8-20-9-10/h1-6,10,20H,7-9H2/t10-/m1/s1. The molecule has 0 aliphatic carbocycles. The molecule has 3 rings (SSSR count). The van der Waals surface area contributed by atoms with Crippen LogP contribution in [0.15, 0.2) is 36.4 Å². The first-order chi connectivity index (χ1) is 10.6. The van der Waals surface area contributed by atoms with Gasteiger partial charge in [0.05, 0.1) is 5.02 Å². The Balaban J connectivity index is 1.91. The average molecular weight is 326 g/mol. The van der Waals surface area contributed by atoms with Gasteiger partial charge < -0.3 is 14.8 Å². The summed E-state index contributed by atoms with van der Waals surface area (Å²) in [6.45, 7) is 1.45. The summed E-state index contributed by atoms with van der Waals surface area (Å²) >= 11 is 5.93. The van der Waals surface area contributed by atoms with E-state index in [1.54, 1.807) is 0 Å². The Bertz CT molecular complexity index is 655. The van der Waals surface area contributed by atoms with Gasteiger partial charge in [0.1, 0.15) is 6.10 Å². The van der Waals surface area contributed by atoms with E-state index in [0.717, 1.165) is 13.0 Å². The van der Waals surface area contributed by atoms with Crippen LogP contribution in [0.25, 0.3) is 0 Å². The van der Waals surface area contributed by atoms with Crippen molar-refractivity contribution in [3.8, 4) is 17.2 Å². The normalized spacial score (nSPS) is 17.5. The lowest BCUT2D eigenvalue weighted by molar-refractivity contribution is 0.205. The molecule has 1 saturated heterocycles. The minimum Gasteiger partial charge on any atom is -0.482 e. The van der Waals surface area contributed by atoms with Crippen molar-refractivity contribution in [2.45, 2.75) is 12.5 Å². The number of benzene rings is 2. The van der Waals surface area contributed by atoms with Crippen LogP contribution in [0.3, 0.4) is 0 Å². The molecule has 0 aromatic heterocycles. The van der Waals surface area contributed by atoms with Crippen LogP contribution in [0.4, 0.5) is 8.78 Å². The largest absolute Gasteiger partial charge is 0.482 e. The molecule has 1 aliphatic heterocycles. The third-order valence-electron chi connectivity index (χ3n) is 3.36. The summed E-state index contributed by atoms with van der Waals surface area (Å²) in [5.74, 6) is -1.26. The Morgan fingerprint density at radius 2 is 1.77 bits per heavy atom. The van der Waals surface area contributed by atoms with Gasteiger partial charge in [-0.15, -0.1) is 0 Å². The van der Waals surface area contributed by atoms with E-state index in [9.17, 15) is 8.78 Å². The van der Waals surface area contributed by atoms with Crippen LogP contribution in [0.1, 0.15) is 6.42 Å². The molecule has 1 atom stereocenters. The number of rotatable bonds is 4. The first-order valence-electron chi connectivity index (χ1n) is 6.93. The van der Waals surface area contributed by atoms with Crippen molar-refractivity contribution < 1.29 is 18.3 Å². The Labute approximate surface area is 131 Å². The topological polar surface area (TPSA) is 30.5 Å². The van der Waals surface area contributed by atoms with Crippen LogP contribution in [-0.4, -0.2) is 19.2 Å². The summed E-state index contributed by atoms with van der Waals surface area (Å²) in [6, 6.07) is 8.45. The van der Waals surface area contributed by atoms with E-state index in [0.29, 0.717) is 6.54 Å². The second-order valence-corrected chi connectivity index (χ2v) is 5.36. The second-order valence-electron chi connectivity index (χ2n) is 4.95. The molecule has 1 N–H and O–H groups in total. The molecule has 116 valence electrons. The lowest BCUT2D eigenvalue weighted by Gasteiger charge is -2.17. The van der Waals surface area contributed by atoms with Crippen molar-refractivity contribution in [2.24, 2.45) is 0 Å². The fourth-order valence-corrected chi connectivity index (χ4v) is 2.47. The summed E-state index contributed by atoms with van der Waals surface area (Å²) in [6.07, 6.45) is 0.629. The summed E-state index contributed by atoms with van der Waals surface area (Å²) in [7, 11) is 0. The summed E-state index contributed by atoms with van der Waals surface area (Å²) in [5, 5.41) is 3.24. The maximum atomic E-state index is 14.1. The van der Waals surface area contributed by atoms with E-state index < -0.39 is 11.6 Å². The molecule has 2 aromatic rings. The van der Waals surface area contributed by atoms with Crippen molar-refractivity contribution in [3.05, 3.63) is 53.1 Å². The van der Waals surface area contributed by atoms with Crippen LogP contribution < -0.4 is 14.8 Å². The van der Waals surface area contributed by atoms with Gasteiger partial charge in [-0.05, 0) is 37.2 Å². The summed E-state index contributed by atoms with van der Waals surface area (Å²) in [4.78, 5) is 0. The van der Waals surface area contributed by atoms with Crippen LogP contribution in [0.5, 0.6) is 17.2 Å². The fourth-order valence-electron chi connectivity index (χ4n) is 2.27. The molecule has 6 heteroatoms. The lowest BCUT2D eigenvalue weighted by Crippen LogP contribution is -2.20. The average Bonchev–Trinajstić information content (AvgIpc) is 2.99. The van der Waals surface area contributed by atoms with Gasteiger partial charge in [0, 0.05) is 6.54 Å². The molecule has 1 heterocycles.